The van der Waals surface area contributed by atoms with Crippen LogP contribution in [0.25, 0.3) is 11.1 Å². The van der Waals surface area contributed by atoms with E-state index in [4.69, 9.17) is 9.47 Å². The fourth-order valence-corrected chi connectivity index (χ4v) is 7.36. The normalized spacial score (nSPS) is 11.2. The third-order valence-electron chi connectivity index (χ3n) is 10.2. The summed E-state index contributed by atoms with van der Waals surface area (Å²) in [6.07, 6.45) is 0. The Morgan fingerprint density at radius 2 is 0.692 bits per heavy atom. The number of nitrogens with zero attached hydrogens (tertiary/aromatic N) is 2. The molecule has 0 saturated carbocycles. The third kappa shape index (κ3) is 7.55. The smallest absolute Gasteiger partial charge is 0.0718 e. The van der Waals surface area contributed by atoms with Crippen molar-refractivity contribution in [2.45, 2.75) is 68.6 Å². The van der Waals surface area contributed by atoms with Crippen molar-refractivity contribution >= 4 is 34.1 Å². The average molecular weight is 689 g/mol. The molecule has 6 aromatic carbocycles. The number of hydrogen-bond acceptors (Lipinski definition) is 4. The predicted molar refractivity (Wildman–Crippen MR) is 221 cm³/mol. The summed E-state index contributed by atoms with van der Waals surface area (Å²) in [5, 5.41) is 0. The molecule has 4 heteroatoms. The lowest BCUT2D eigenvalue weighted by Gasteiger charge is -2.29. The van der Waals surface area contributed by atoms with Crippen LogP contribution < -0.4 is 9.80 Å². The van der Waals surface area contributed by atoms with Gasteiger partial charge < -0.3 is 19.3 Å². The Morgan fingerprint density at radius 1 is 0.365 bits per heavy atom. The SMILES string of the molecule is COCc1c(C)cc(N(c2ccc(C)cc2)c2ccc(-c3ccc(N(c4ccc(C)cc4)c4cc(C)c(COC)c(C)c4)c(C)c3)cc2C)cc1C. The Kier molecular flexibility index (Phi) is 11.0. The molecule has 0 aliphatic heterocycles. The molecular formula is C48H52N2O2. The van der Waals surface area contributed by atoms with Crippen LogP contribution in [-0.4, -0.2) is 14.2 Å². The Balaban J connectivity index is 1.41. The summed E-state index contributed by atoms with van der Waals surface area (Å²) in [6.45, 7) is 18.6. The number of ether oxygens (including phenoxy) is 2. The van der Waals surface area contributed by atoms with Crippen molar-refractivity contribution in [2.24, 2.45) is 0 Å². The lowest BCUT2D eigenvalue weighted by molar-refractivity contribution is 0.184. The molecule has 0 spiro atoms. The molecule has 266 valence electrons. The predicted octanol–water partition coefficient (Wildman–Crippen LogP) is 13.1. The highest BCUT2D eigenvalue weighted by atomic mass is 16.5. The van der Waals surface area contributed by atoms with Crippen LogP contribution in [0.1, 0.15) is 55.6 Å². The van der Waals surface area contributed by atoms with Gasteiger partial charge in [-0.05, 0) is 184 Å². The Hall–Kier alpha value is -5.16. The van der Waals surface area contributed by atoms with E-state index in [1.807, 2.05) is 0 Å². The van der Waals surface area contributed by atoms with E-state index in [1.54, 1.807) is 14.2 Å². The Bertz CT molecular complexity index is 1990. The van der Waals surface area contributed by atoms with Gasteiger partial charge in [-0.3, -0.25) is 0 Å². The van der Waals surface area contributed by atoms with Crippen LogP contribution in [0.15, 0.2) is 109 Å². The maximum atomic E-state index is 5.53. The van der Waals surface area contributed by atoms with E-state index in [0.29, 0.717) is 13.2 Å². The molecule has 0 aliphatic carbocycles. The Labute approximate surface area is 311 Å². The van der Waals surface area contributed by atoms with E-state index in [2.05, 4.69) is 174 Å². The first-order valence-corrected chi connectivity index (χ1v) is 18.1. The number of rotatable bonds is 11. The van der Waals surface area contributed by atoms with E-state index in [-0.39, 0.29) is 0 Å². The lowest BCUT2D eigenvalue weighted by Crippen LogP contribution is -2.13. The molecule has 0 bridgehead atoms. The molecular weight excluding hydrogens is 637 g/mol. The van der Waals surface area contributed by atoms with Gasteiger partial charge in [-0.2, -0.15) is 0 Å². The highest BCUT2D eigenvalue weighted by molar-refractivity contribution is 5.84. The minimum absolute atomic E-state index is 0.608. The quantitative estimate of drug-likeness (QED) is 0.135. The van der Waals surface area contributed by atoms with Crippen LogP contribution in [0.3, 0.4) is 0 Å². The van der Waals surface area contributed by atoms with E-state index >= 15 is 0 Å². The van der Waals surface area contributed by atoms with Crippen LogP contribution in [0, 0.1) is 55.4 Å². The summed E-state index contributed by atoms with van der Waals surface area (Å²) >= 11 is 0. The molecule has 0 saturated heterocycles. The van der Waals surface area contributed by atoms with Gasteiger partial charge in [0.15, 0.2) is 0 Å². The standard InChI is InChI=1S/C48H52N2O2/c1-31-11-17-41(18-12-31)49(43-25-33(3)45(29-51-9)34(4)26-43)47-21-15-39(23-37(47)7)40-16-22-48(38(8)24-40)50(42-19-13-32(2)14-20-42)44-27-35(5)46(30-52-10)36(6)28-44/h11-28H,29-30H2,1-10H3. The van der Waals surface area contributed by atoms with E-state index in [1.165, 1.54) is 66.8 Å². The zero-order valence-corrected chi connectivity index (χ0v) is 32.5. The molecule has 0 N–H and O–H groups in total. The van der Waals surface area contributed by atoms with Gasteiger partial charge in [-0.15, -0.1) is 0 Å². The van der Waals surface area contributed by atoms with Gasteiger partial charge in [0.05, 0.1) is 13.2 Å². The van der Waals surface area contributed by atoms with Crippen molar-refractivity contribution in [3.63, 3.8) is 0 Å². The van der Waals surface area contributed by atoms with Crippen molar-refractivity contribution < 1.29 is 9.47 Å². The van der Waals surface area contributed by atoms with Gasteiger partial charge in [0.2, 0.25) is 0 Å². The molecule has 52 heavy (non-hydrogen) atoms. The minimum Gasteiger partial charge on any atom is -0.380 e. The summed E-state index contributed by atoms with van der Waals surface area (Å²) < 4.78 is 11.1. The van der Waals surface area contributed by atoms with Crippen molar-refractivity contribution in [3.05, 3.63) is 165 Å². The van der Waals surface area contributed by atoms with Crippen molar-refractivity contribution in [3.8, 4) is 11.1 Å². The third-order valence-corrected chi connectivity index (χ3v) is 10.2. The van der Waals surface area contributed by atoms with Crippen LogP contribution in [0.5, 0.6) is 0 Å². The van der Waals surface area contributed by atoms with Crippen LogP contribution >= 0.6 is 0 Å². The number of methoxy groups -OCH3 is 2. The topological polar surface area (TPSA) is 24.9 Å². The highest BCUT2D eigenvalue weighted by Gasteiger charge is 2.20. The molecule has 0 aromatic heterocycles. The summed E-state index contributed by atoms with van der Waals surface area (Å²) in [7, 11) is 3.52. The molecule has 0 atom stereocenters. The first kappa shape index (κ1) is 36.6. The second-order valence-corrected chi connectivity index (χ2v) is 14.3. The van der Waals surface area contributed by atoms with Crippen LogP contribution in [0.4, 0.5) is 34.1 Å². The van der Waals surface area contributed by atoms with Gasteiger partial charge >= 0.3 is 0 Å². The average Bonchev–Trinajstić information content (AvgIpc) is 3.11. The van der Waals surface area contributed by atoms with Crippen molar-refractivity contribution in [2.75, 3.05) is 24.0 Å². The van der Waals surface area contributed by atoms with Crippen molar-refractivity contribution in [1.29, 1.82) is 0 Å². The minimum atomic E-state index is 0.608. The number of benzene rings is 6. The van der Waals surface area contributed by atoms with Gasteiger partial charge in [-0.1, -0.05) is 47.5 Å². The number of anilines is 6. The van der Waals surface area contributed by atoms with Gasteiger partial charge in [0.1, 0.15) is 0 Å². The molecule has 4 nitrogen and oxygen atoms in total. The summed E-state index contributed by atoms with van der Waals surface area (Å²) in [5.74, 6) is 0. The van der Waals surface area contributed by atoms with Crippen molar-refractivity contribution in [1.82, 2.24) is 0 Å². The molecule has 0 heterocycles. The van der Waals surface area contributed by atoms with E-state index < -0.39 is 0 Å². The summed E-state index contributed by atoms with van der Waals surface area (Å²) in [5.41, 5.74) is 21.6. The number of hydrogen-bond donors (Lipinski definition) is 0. The molecule has 6 aromatic rings. The zero-order chi connectivity index (χ0) is 37.1. The summed E-state index contributed by atoms with van der Waals surface area (Å²) in [6, 6.07) is 40.4. The lowest BCUT2D eigenvalue weighted by atomic mass is 9.97. The first-order valence-electron chi connectivity index (χ1n) is 18.1. The maximum absolute atomic E-state index is 5.53. The first-order chi connectivity index (χ1) is 25.0. The largest absolute Gasteiger partial charge is 0.380 e. The summed E-state index contributed by atoms with van der Waals surface area (Å²) in [4.78, 5) is 4.76. The highest BCUT2D eigenvalue weighted by Crippen LogP contribution is 2.42. The second-order valence-electron chi connectivity index (χ2n) is 14.3. The maximum Gasteiger partial charge on any atom is 0.0718 e. The molecule has 0 amide bonds. The fraction of sp³-hybridized carbons (Fsp3) is 0.250. The Morgan fingerprint density at radius 3 is 0.981 bits per heavy atom. The van der Waals surface area contributed by atoms with Gasteiger partial charge in [0, 0.05) is 48.3 Å². The second kappa shape index (κ2) is 15.6. The molecule has 0 fully saturated rings. The zero-order valence-electron chi connectivity index (χ0n) is 32.5. The molecule has 6 rings (SSSR count). The van der Waals surface area contributed by atoms with E-state index in [0.717, 1.165) is 34.1 Å². The van der Waals surface area contributed by atoms with Gasteiger partial charge in [-0.25, -0.2) is 0 Å². The van der Waals surface area contributed by atoms with E-state index in [9.17, 15) is 0 Å². The van der Waals surface area contributed by atoms with Crippen LogP contribution in [-0.2, 0) is 22.7 Å². The molecule has 0 aliphatic rings. The van der Waals surface area contributed by atoms with Gasteiger partial charge in [0.25, 0.3) is 0 Å². The fourth-order valence-electron chi connectivity index (χ4n) is 7.36. The monoisotopic (exact) mass is 688 g/mol. The van der Waals surface area contributed by atoms with Crippen LogP contribution in [0.2, 0.25) is 0 Å². The molecule has 0 radical (unpaired) electrons. The molecule has 0 unspecified atom stereocenters. The number of aryl methyl sites for hydroxylation is 8.